The second-order valence-electron chi connectivity index (χ2n) is 3.85. The number of carboxylic acid groups (broad SMARTS) is 1. The smallest absolute Gasteiger partial charge is 0.307 e. The van der Waals surface area contributed by atoms with E-state index in [1.165, 1.54) is 6.92 Å². The third kappa shape index (κ3) is 3.20. The number of rotatable bonds is 4. The van der Waals surface area contributed by atoms with Crippen molar-refractivity contribution in [2.75, 3.05) is 0 Å². The maximum atomic E-state index is 13.2. The Bertz CT molecular complexity index is 437. The largest absolute Gasteiger partial charge is 0.481 e. The highest BCUT2D eigenvalue weighted by Crippen LogP contribution is 2.17. The first-order chi connectivity index (χ1) is 7.82. The van der Waals surface area contributed by atoms with Crippen LogP contribution in [0.4, 0.5) is 13.2 Å². The van der Waals surface area contributed by atoms with Gasteiger partial charge in [-0.05, 0) is 18.1 Å². The predicted octanol–water partition coefficient (Wildman–Crippen LogP) is 1.69. The Morgan fingerprint density at radius 2 is 1.82 bits per heavy atom. The summed E-state index contributed by atoms with van der Waals surface area (Å²) in [4.78, 5) is 10.6. The number of hydrogen-bond acceptors (Lipinski definition) is 2. The zero-order valence-corrected chi connectivity index (χ0v) is 9.08. The van der Waals surface area contributed by atoms with Gasteiger partial charge in [0.1, 0.15) is 5.82 Å². The van der Waals surface area contributed by atoms with E-state index in [0.717, 1.165) is 0 Å². The maximum absolute atomic E-state index is 13.2. The summed E-state index contributed by atoms with van der Waals surface area (Å²) in [6.07, 6.45) is -0.170. The standard InChI is InChI=1S/C11H12F3NO2/c1-5(11(16)17)10(15)3-6-2-8(13)9(14)4-7(6)12/h2,4-5,10H,3,15H2,1H3,(H,16,17)/t5?,10-/m0/s1. The van der Waals surface area contributed by atoms with Gasteiger partial charge in [0, 0.05) is 12.1 Å². The summed E-state index contributed by atoms with van der Waals surface area (Å²) in [7, 11) is 0. The predicted molar refractivity (Wildman–Crippen MR) is 54.8 cm³/mol. The SMILES string of the molecule is CC(C(=O)O)[C@@H](N)Cc1cc(F)c(F)cc1F. The molecule has 0 fully saturated rings. The summed E-state index contributed by atoms with van der Waals surface area (Å²) in [5, 5.41) is 8.69. The third-order valence-corrected chi connectivity index (χ3v) is 2.58. The van der Waals surface area contributed by atoms with E-state index in [4.69, 9.17) is 10.8 Å². The number of benzene rings is 1. The topological polar surface area (TPSA) is 63.3 Å². The lowest BCUT2D eigenvalue weighted by Crippen LogP contribution is -2.35. The average Bonchev–Trinajstić information content (AvgIpc) is 2.24. The molecule has 0 bridgehead atoms. The molecule has 2 atom stereocenters. The molecule has 94 valence electrons. The Morgan fingerprint density at radius 3 is 2.35 bits per heavy atom. The monoisotopic (exact) mass is 247 g/mol. The van der Waals surface area contributed by atoms with E-state index in [2.05, 4.69) is 0 Å². The van der Waals surface area contributed by atoms with Crippen LogP contribution >= 0.6 is 0 Å². The van der Waals surface area contributed by atoms with Crippen LogP contribution in [-0.4, -0.2) is 17.1 Å². The van der Waals surface area contributed by atoms with Crippen LogP contribution in [0.15, 0.2) is 12.1 Å². The van der Waals surface area contributed by atoms with Crippen LogP contribution in [0.25, 0.3) is 0 Å². The molecule has 0 spiro atoms. The number of aliphatic carboxylic acids is 1. The van der Waals surface area contributed by atoms with Crippen molar-refractivity contribution < 1.29 is 23.1 Å². The molecule has 0 saturated carbocycles. The minimum Gasteiger partial charge on any atom is -0.481 e. The van der Waals surface area contributed by atoms with Gasteiger partial charge in [0.15, 0.2) is 11.6 Å². The first-order valence-electron chi connectivity index (χ1n) is 4.94. The maximum Gasteiger partial charge on any atom is 0.307 e. The van der Waals surface area contributed by atoms with E-state index >= 15 is 0 Å². The van der Waals surface area contributed by atoms with Gasteiger partial charge in [0.2, 0.25) is 0 Å². The molecule has 0 aromatic heterocycles. The molecule has 0 aliphatic heterocycles. The van der Waals surface area contributed by atoms with Crippen LogP contribution in [0.3, 0.4) is 0 Å². The molecule has 0 aliphatic rings. The minimum absolute atomic E-state index is 0.135. The third-order valence-electron chi connectivity index (χ3n) is 2.58. The van der Waals surface area contributed by atoms with Crippen molar-refractivity contribution in [2.24, 2.45) is 11.7 Å². The molecule has 6 heteroatoms. The van der Waals surface area contributed by atoms with Gasteiger partial charge in [0.25, 0.3) is 0 Å². The fourth-order valence-electron chi connectivity index (χ4n) is 1.33. The Kier molecular flexibility index (Phi) is 4.11. The van der Waals surface area contributed by atoms with Crippen molar-refractivity contribution in [1.82, 2.24) is 0 Å². The molecule has 0 radical (unpaired) electrons. The van der Waals surface area contributed by atoms with Gasteiger partial charge in [-0.1, -0.05) is 6.92 Å². The highest BCUT2D eigenvalue weighted by atomic mass is 19.2. The van der Waals surface area contributed by atoms with Crippen molar-refractivity contribution in [3.8, 4) is 0 Å². The van der Waals surface area contributed by atoms with Gasteiger partial charge >= 0.3 is 5.97 Å². The molecule has 3 nitrogen and oxygen atoms in total. The lowest BCUT2D eigenvalue weighted by atomic mass is 9.95. The molecule has 3 N–H and O–H groups in total. The van der Waals surface area contributed by atoms with E-state index in [9.17, 15) is 18.0 Å². The Labute approximate surface area is 96.0 Å². The first kappa shape index (κ1) is 13.5. The summed E-state index contributed by atoms with van der Waals surface area (Å²) in [5.41, 5.74) is 5.41. The first-order valence-corrected chi connectivity index (χ1v) is 4.94. The van der Waals surface area contributed by atoms with Gasteiger partial charge in [-0.25, -0.2) is 13.2 Å². The minimum atomic E-state index is -1.29. The Hall–Kier alpha value is -1.56. The molecule has 1 aromatic rings. The fraction of sp³-hybridized carbons (Fsp3) is 0.364. The van der Waals surface area contributed by atoms with Crippen molar-refractivity contribution in [3.05, 3.63) is 35.1 Å². The Balaban J connectivity index is 2.88. The normalized spacial score (nSPS) is 14.4. The summed E-state index contributed by atoms with van der Waals surface area (Å²) in [6, 6.07) is 0.244. The molecule has 0 amide bonds. The van der Waals surface area contributed by atoms with Crippen LogP contribution in [-0.2, 0) is 11.2 Å². The molecular weight excluding hydrogens is 235 g/mol. The van der Waals surface area contributed by atoms with Gasteiger partial charge in [0.05, 0.1) is 5.92 Å². The summed E-state index contributed by atoms with van der Waals surface area (Å²) in [5.74, 6) is -5.43. The second-order valence-corrected chi connectivity index (χ2v) is 3.85. The quantitative estimate of drug-likeness (QED) is 0.796. The lowest BCUT2D eigenvalue weighted by molar-refractivity contribution is -0.141. The van der Waals surface area contributed by atoms with Crippen LogP contribution in [0.1, 0.15) is 12.5 Å². The molecule has 1 aromatic carbocycles. The molecule has 1 unspecified atom stereocenters. The van der Waals surface area contributed by atoms with Crippen LogP contribution in [0, 0.1) is 23.4 Å². The van der Waals surface area contributed by atoms with Gasteiger partial charge in [-0.3, -0.25) is 4.79 Å². The van der Waals surface area contributed by atoms with E-state index in [-0.39, 0.29) is 12.0 Å². The highest BCUT2D eigenvalue weighted by molar-refractivity contribution is 5.70. The number of carbonyl (C=O) groups is 1. The number of nitrogens with two attached hydrogens (primary N) is 1. The molecule has 1 rings (SSSR count). The van der Waals surface area contributed by atoms with Gasteiger partial charge in [-0.15, -0.1) is 0 Å². The van der Waals surface area contributed by atoms with Crippen LogP contribution in [0.5, 0.6) is 0 Å². The zero-order chi connectivity index (χ0) is 13.2. The second kappa shape index (κ2) is 5.18. The molecule has 0 heterocycles. The van der Waals surface area contributed by atoms with E-state index in [1.54, 1.807) is 0 Å². The van der Waals surface area contributed by atoms with Gasteiger partial charge < -0.3 is 10.8 Å². The molecular formula is C11H12F3NO2. The number of carboxylic acids is 1. The summed E-state index contributed by atoms with van der Waals surface area (Å²) >= 11 is 0. The number of hydrogen-bond donors (Lipinski definition) is 2. The van der Waals surface area contributed by atoms with Gasteiger partial charge in [-0.2, -0.15) is 0 Å². The summed E-state index contributed by atoms with van der Waals surface area (Å²) < 4.78 is 38.8. The van der Waals surface area contributed by atoms with E-state index in [1.807, 2.05) is 0 Å². The van der Waals surface area contributed by atoms with E-state index < -0.39 is 35.4 Å². The zero-order valence-electron chi connectivity index (χ0n) is 9.08. The molecule has 17 heavy (non-hydrogen) atoms. The van der Waals surface area contributed by atoms with Crippen molar-refractivity contribution in [1.29, 1.82) is 0 Å². The van der Waals surface area contributed by atoms with Crippen molar-refractivity contribution >= 4 is 5.97 Å². The van der Waals surface area contributed by atoms with Crippen LogP contribution in [0.2, 0.25) is 0 Å². The van der Waals surface area contributed by atoms with Crippen molar-refractivity contribution in [3.63, 3.8) is 0 Å². The highest BCUT2D eigenvalue weighted by Gasteiger charge is 2.22. The fourth-order valence-corrected chi connectivity index (χ4v) is 1.33. The van der Waals surface area contributed by atoms with Crippen LogP contribution < -0.4 is 5.73 Å². The van der Waals surface area contributed by atoms with Crippen molar-refractivity contribution in [2.45, 2.75) is 19.4 Å². The Morgan fingerprint density at radius 1 is 1.29 bits per heavy atom. The summed E-state index contributed by atoms with van der Waals surface area (Å²) in [6.45, 7) is 1.37. The lowest BCUT2D eigenvalue weighted by Gasteiger charge is -2.16. The molecule has 0 aliphatic carbocycles. The van der Waals surface area contributed by atoms with E-state index in [0.29, 0.717) is 12.1 Å². The molecule has 0 saturated heterocycles. The number of halogens is 3. The average molecular weight is 247 g/mol.